The number of rotatable bonds is 3. The Morgan fingerprint density at radius 1 is 1.14 bits per heavy atom. The number of carboxylic acids is 1. The Morgan fingerprint density at radius 2 is 1.90 bits per heavy atom. The molecule has 2 amide bonds. The third-order valence-corrected chi connectivity index (χ3v) is 5.02. The number of amides is 2. The van der Waals surface area contributed by atoms with Gasteiger partial charge in [0.05, 0.1) is 0 Å². The predicted octanol–water partition coefficient (Wildman–Crippen LogP) is 1.12. The van der Waals surface area contributed by atoms with E-state index in [0.29, 0.717) is 18.9 Å². The summed E-state index contributed by atoms with van der Waals surface area (Å²) in [5.41, 5.74) is 0. The van der Waals surface area contributed by atoms with Crippen LogP contribution in [0, 0.1) is 5.92 Å². The third kappa shape index (κ3) is 3.31. The fraction of sp³-hybridized carbons (Fsp3) is 0.867. The van der Waals surface area contributed by atoms with E-state index in [1.165, 1.54) is 17.7 Å². The molecule has 6 nitrogen and oxygen atoms in total. The van der Waals surface area contributed by atoms with E-state index < -0.39 is 12.0 Å². The molecule has 3 fully saturated rings. The molecule has 118 valence electrons. The first kappa shape index (κ1) is 14.6. The van der Waals surface area contributed by atoms with Gasteiger partial charge in [-0.1, -0.05) is 6.92 Å². The highest BCUT2D eigenvalue weighted by atomic mass is 16.4. The average Bonchev–Trinajstić information content (AvgIpc) is 3.19. The van der Waals surface area contributed by atoms with E-state index in [1.54, 1.807) is 0 Å². The Balaban J connectivity index is 1.55. The molecular weight excluding hydrogens is 270 g/mol. The number of hydrogen-bond donors (Lipinski definition) is 2. The van der Waals surface area contributed by atoms with Crippen LogP contribution in [0.3, 0.4) is 0 Å². The maximum absolute atomic E-state index is 12.4. The van der Waals surface area contributed by atoms with Crippen molar-refractivity contribution in [2.24, 2.45) is 5.92 Å². The van der Waals surface area contributed by atoms with Crippen LogP contribution in [0.1, 0.15) is 39.0 Å². The molecule has 0 spiro atoms. The minimum absolute atomic E-state index is 0.173. The highest BCUT2D eigenvalue weighted by Gasteiger charge is 2.38. The number of nitrogens with zero attached hydrogens (tertiary/aromatic N) is 2. The molecule has 1 aliphatic carbocycles. The van der Waals surface area contributed by atoms with E-state index in [2.05, 4.69) is 17.1 Å². The molecule has 2 heterocycles. The monoisotopic (exact) mass is 295 g/mol. The summed E-state index contributed by atoms with van der Waals surface area (Å²) in [6.45, 7) is 4.56. The van der Waals surface area contributed by atoms with Crippen molar-refractivity contribution in [1.29, 1.82) is 0 Å². The number of aliphatic carboxylic acids is 1. The maximum atomic E-state index is 12.4. The first-order valence-corrected chi connectivity index (χ1v) is 8.08. The summed E-state index contributed by atoms with van der Waals surface area (Å²) in [5.74, 6) is -0.519. The average molecular weight is 295 g/mol. The van der Waals surface area contributed by atoms with Gasteiger partial charge in [0.1, 0.15) is 6.04 Å². The van der Waals surface area contributed by atoms with Crippen molar-refractivity contribution in [1.82, 2.24) is 15.1 Å². The summed E-state index contributed by atoms with van der Waals surface area (Å²) in [6.07, 6.45) is 4.99. The Hall–Kier alpha value is -1.30. The first-order chi connectivity index (χ1) is 10.0. The van der Waals surface area contributed by atoms with Crippen molar-refractivity contribution in [2.45, 2.75) is 57.2 Å². The van der Waals surface area contributed by atoms with Crippen LogP contribution >= 0.6 is 0 Å². The van der Waals surface area contributed by atoms with Crippen LogP contribution in [0.2, 0.25) is 0 Å². The molecule has 3 unspecified atom stereocenters. The second-order valence-electron chi connectivity index (χ2n) is 6.84. The van der Waals surface area contributed by atoms with Gasteiger partial charge in [-0.15, -0.1) is 0 Å². The molecule has 0 radical (unpaired) electrons. The first-order valence-electron chi connectivity index (χ1n) is 8.08. The van der Waals surface area contributed by atoms with Gasteiger partial charge >= 0.3 is 12.0 Å². The number of urea groups is 1. The van der Waals surface area contributed by atoms with Gasteiger partial charge < -0.3 is 15.3 Å². The molecule has 0 aromatic rings. The van der Waals surface area contributed by atoms with Gasteiger partial charge in [-0.3, -0.25) is 4.90 Å². The minimum Gasteiger partial charge on any atom is -0.480 e. The maximum Gasteiger partial charge on any atom is 0.326 e. The van der Waals surface area contributed by atoms with Crippen molar-refractivity contribution in [3.63, 3.8) is 0 Å². The van der Waals surface area contributed by atoms with Crippen LogP contribution in [0.25, 0.3) is 0 Å². The fourth-order valence-corrected chi connectivity index (χ4v) is 3.55. The smallest absolute Gasteiger partial charge is 0.326 e. The zero-order valence-electron chi connectivity index (χ0n) is 12.6. The van der Waals surface area contributed by atoms with Gasteiger partial charge in [-0.25, -0.2) is 9.59 Å². The Bertz CT molecular complexity index is 424. The largest absolute Gasteiger partial charge is 0.480 e. The lowest BCUT2D eigenvalue weighted by Gasteiger charge is -2.36. The van der Waals surface area contributed by atoms with Crippen LogP contribution in [0.15, 0.2) is 0 Å². The second kappa shape index (κ2) is 5.83. The van der Waals surface area contributed by atoms with Gasteiger partial charge in [0.25, 0.3) is 0 Å². The van der Waals surface area contributed by atoms with Crippen LogP contribution in [-0.2, 0) is 4.79 Å². The summed E-state index contributed by atoms with van der Waals surface area (Å²) in [4.78, 5) is 27.7. The van der Waals surface area contributed by atoms with E-state index in [-0.39, 0.29) is 12.1 Å². The molecule has 3 atom stereocenters. The number of hydrogen-bond acceptors (Lipinski definition) is 3. The number of carboxylic acid groups (broad SMARTS) is 1. The van der Waals surface area contributed by atoms with Crippen molar-refractivity contribution >= 4 is 12.0 Å². The molecule has 3 aliphatic rings. The lowest BCUT2D eigenvalue weighted by atomic mass is 9.93. The van der Waals surface area contributed by atoms with E-state index in [9.17, 15) is 14.7 Å². The van der Waals surface area contributed by atoms with E-state index >= 15 is 0 Å². The summed E-state index contributed by atoms with van der Waals surface area (Å²) in [5, 5.41) is 12.4. The highest BCUT2D eigenvalue weighted by molar-refractivity contribution is 5.83. The van der Waals surface area contributed by atoms with Crippen molar-refractivity contribution in [3.05, 3.63) is 0 Å². The highest BCUT2D eigenvalue weighted by Crippen LogP contribution is 2.30. The number of likely N-dealkylation sites (tertiary alicyclic amines) is 2. The van der Waals surface area contributed by atoms with E-state index in [4.69, 9.17) is 0 Å². The van der Waals surface area contributed by atoms with Gasteiger partial charge in [-0.05, 0) is 38.0 Å². The van der Waals surface area contributed by atoms with E-state index in [1.807, 2.05) is 0 Å². The molecule has 0 bridgehead atoms. The van der Waals surface area contributed by atoms with E-state index in [0.717, 1.165) is 32.0 Å². The predicted molar refractivity (Wildman–Crippen MR) is 78.1 cm³/mol. The molecule has 2 N–H and O–H groups in total. The minimum atomic E-state index is -0.886. The number of nitrogens with one attached hydrogen (secondary N) is 1. The zero-order valence-corrected chi connectivity index (χ0v) is 12.6. The normalized spacial score (nSPS) is 34.0. The lowest BCUT2D eigenvalue weighted by molar-refractivity contribution is -0.143. The number of carbonyl (C=O) groups is 2. The second-order valence-corrected chi connectivity index (χ2v) is 6.84. The summed E-state index contributed by atoms with van der Waals surface area (Å²) >= 11 is 0. The molecule has 2 aliphatic heterocycles. The van der Waals surface area contributed by atoms with Gasteiger partial charge in [0, 0.05) is 31.7 Å². The van der Waals surface area contributed by atoms with Crippen molar-refractivity contribution < 1.29 is 14.7 Å². The Kier molecular flexibility index (Phi) is 4.06. The lowest BCUT2D eigenvalue weighted by Crippen LogP contribution is -2.55. The van der Waals surface area contributed by atoms with Crippen molar-refractivity contribution in [3.8, 4) is 0 Å². The van der Waals surface area contributed by atoms with Gasteiger partial charge in [-0.2, -0.15) is 0 Å². The molecule has 2 saturated heterocycles. The summed E-state index contributed by atoms with van der Waals surface area (Å²) in [7, 11) is 0. The third-order valence-electron chi connectivity index (χ3n) is 5.02. The topological polar surface area (TPSA) is 72.9 Å². The molecule has 3 rings (SSSR count). The van der Waals surface area contributed by atoms with Gasteiger partial charge in [0.15, 0.2) is 0 Å². The van der Waals surface area contributed by atoms with Crippen LogP contribution < -0.4 is 5.32 Å². The fourth-order valence-electron chi connectivity index (χ4n) is 3.55. The molecule has 1 saturated carbocycles. The SMILES string of the molecule is CC1CCN(C(=O)NC2CCN(C3CC3)C2)C(C(=O)O)C1. The number of carbonyl (C=O) groups excluding carboxylic acids is 1. The van der Waals surface area contributed by atoms with Crippen molar-refractivity contribution in [2.75, 3.05) is 19.6 Å². The van der Waals surface area contributed by atoms with Crippen LogP contribution in [-0.4, -0.2) is 64.7 Å². The molecule has 21 heavy (non-hydrogen) atoms. The molecule has 6 heteroatoms. The summed E-state index contributed by atoms with van der Waals surface area (Å²) < 4.78 is 0. The Morgan fingerprint density at radius 3 is 2.57 bits per heavy atom. The van der Waals surface area contributed by atoms with Gasteiger partial charge in [0.2, 0.25) is 0 Å². The zero-order chi connectivity index (χ0) is 15.0. The molecule has 0 aromatic heterocycles. The molecular formula is C15H25N3O3. The summed E-state index contributed by atoms with van der Waals surface area (Å²) in [6, 6.07) is 0.0352. The van der Waals surface area contributed by atoms with Crippen LogP contribution in [0.5, 0.6) is 0 Å². The van der Waals surface area contributed by atoms with Crippen LogP contribution in [0.4, 0.5) is 4.79 Å². The molecule has 0 aromatic carbocycles. The standard InChI is InChI=1S/C15H25N3O3/c1-10-4-7-18(13(8-10)14(19)20)15(21)16-11-5-6-17(9-11)12-2-3-12/h10-13H,2-9H2,1H3,(H,16,21)(H,19,20). The number of piperidine rings is 1. The Labute approximate surface area is 125 Å². The quantitative estimate of drug-likeness (QED) is 0.818.